The number of carbonyl (C=O) groups excluding carboxylic acids is 1. The van der Waals surface area contributed by atoms with Crippen LogP contribution in [0.25, 0.3) is 0 Å². The van der Waals surface area contributed by atoms with Gasteiger partial charge in [0.1, 0.15) is 11.6 Å². The first-order valence-corrected chi connectivity index (χ1v) is 5.11. The third kappa shape index (κ3) is 2.38. The van der Waals surface area contributed by atoms with E-state index in [0.29, 0.717) is 6.42 Å². The van der Waals surface area contributed by atoms with Crippen LogP contribution in [0.1, 0.15) is 23.7 Å². The van der Waals surface area contributed by atoms with Gasteiger partial charge in [-0.1, -0.05) is 22.9 Å². The first-order chi connectivity index (χ1) is 6.56. The lowest BCUT2D eigenvalue weighted by molar-refractivity contribution is 0.0986. The number of Topliss-reactive ketones (excluding diaryl/α,β-unsaturated/α-hetero) is 1. The van der Waals surface area contributed by atoms with Gasteiger partial charge in [0.05, 0.1) is 10.4 Å². The molecule has 1 nitrogen and oxygen atoms in total. The van der Waals surface area contributed by atoms with Gasteiger partial charge < -0.3 is 0 Å². The fourth-order valence-corrected chi connectivity index (χ4v) is 1.29. The fourth-order valence-electron chi connectivity index (χ4n) is 1.04. The van der Waals surface area contributed by atoms with Crippen LogP contribution >= 0.6 is 15.9 Å². The molecule has 1 rings (SSSR count). The van der Waals surface area contributed by atoms with Crippen LogP contribution in [0.5, 0.6) is 0 Å². The quantitative estimate of drug-likeness (QED) is 0.604. The number of rotatable bonds is 3. The highest BCUT2D eigenvalue weighted by molar-refractivity contribution is 9.10. The van der Waals surface area contributed by atoms with E-state index >= 15 is 0 Å². The Bertz CT molecular complexity index is 352. The Morgan fingerprint density at radius 3 is 2.71 bits per heavy atom. The molecule has 0 aliphatic rings. The van der Waals surface area contributed by atoms with Gasteiger partial charge in [0.15, 0.2) is 5.78 Å². The predicted molar refractivity (Wildman–Crippen MR) is 53.7 cm³/mol. The SMILES string of the molecule is CCC(Br)C(=O)c1cc(F)ccc1F. The van der Waals surface area contributed by atoms with E-state index in [-0.39, 0.29) is 5.56 Å². The van der Waals surface area contributed by atoms with Crippen LogP contribution in [0.4, 0.5) is 8.78 Å². The van der Waals surface area contributed by atoms with Crippen LogP contribution in [0.15, 0.2) is 18.2 Å². The van der Waals surface area contributed by atoms with Crippen molar-refractivity contribution in [3.63, 3.8) is 0 Å². The van der Waals surface area contributed by atoms with Crippen LogP contribution in [0.2, 0.25) is 0 Å². The maximum Gasteiger partial charge on any atom is 0.179 e. The van der Waals surface area contributed by atoms with Crippen molar-refractivity contribution in [2.75, 3.05) is 0 Å². The Balaban J connectivity index is 3.06. The molecule has 0 N–H and O–H groups in total. The topological polar surface area (TPSA) is 17.1 Å². The van der Waals surface area contributed by atoms with Gasteiger partial charge in [0, 0.05) is 0 Å². The Kier molecular flexibility index (Phi) is 3.75. The highest BCUT2D eigenvalue weighted by atomic mass is 79.9. The number of alkyl halides is 1. The monoisotopic (exact) mass is 262 g/mol. The number of halogens is 3. The summed E-state index contributed by atoms with van der Waals surface area (Å²) < 4.78 is 25.8. The Labute approximate surface area is 89.3 Å². The van der Waals surface area contributed by atoms with E-state index in [9.17, 15) is 13.6 Å². The number of hydrogen-bond acceptors (Lipinski definition) is 1. The Morgan fingerprint density at radius 1 is 1.50 bits per heavy atom. The van der Waals surface area contributed by atoms with Gasteiger partial charge in [-0.2, -0.15) is 0 Å². The molecule has 0 aromatic heterocycles. The van der Waals surface area contributed by atoms with Crippen LogP contribution < -0.4 is 0 Å². The number of ketones is 1. The lowest BCUT2D eigenvalue weighted by Crippen LogP contribution is -2.14. The van der Waals surface area contributed by atoms with Gasteiger partial charge >= 0.3 is 0 Å². The molecule has 0 amide bonds. The summed E-state index contributed by atoms with van der Waals surface area (Å²) in [4.78, 5) is 11.0. The molecule has 0 saturated carbocycles. The molecule has 0 fully saturated rings. The first kappa shape index (κ1) is 11.3. The molecular weight excluding hydrogens is 254 g/mol. The molecule has 0 radical (unpaired) electrons. The second kappa shape index (κ2) is 4.64. The average Bonchev–Trinajstić information content (AvgIpc) is 2.19. The summed E-state index contributed by atoms with van der Waals surface area (Å²) in [5.41, 5.74) is -0.200. The minimum absolute atomic E-state index is 0.200. The van der Waals surface area contributed by atoms with Crippen molar-refractivity contribution in [1.29, 1.82) is 0 Å². The molecule has 0 heterocycles. The van der Waals surface area contributed by atoms with Crippen molar-refractivity contribution in [2.24, 2.45) is 0 Å². The summed E-state index contributed by atoms with van der Waals surface area (Å²) in [5, 5.41) is 0. The van der Waals surface area contributed by atoms with Gasteiger partial charge in [-0.05, 0) is 24.6 Å². The fraction of sp³-hybridized carbons (Fsp3) is 0.300. The van der Waals surface area contributed by atoms with Crippen molar-refractivity contribution in [2.45, 2.75) is 18.2 Å². The van der Waals surface area contributed by atoms with E-state index in [0.717, 1.165) is 18.2 Å². The maximum absolute atomic E-state index is 13.1. The van der Waals surface area contributed by atoms with E-state index in [1.807, 2.05) is 0 Å². The van der Waals surface area contributed by atoms with Gasteiger partial charge in [-0.3, -0.25) is 4.79 Å². The summed E-state index contributed by atoms with van der Waals surface area (Å²) in [7, 11) is 0. The van der Waals surface area contributed by atoms with Gasteiger partial charge in [-0.25, -0.2) is 8.78 Å². The third-order valence-corrected chi connectivity index (χ3v) is 2.90. The second-order valence-corrected chi connectivity index (χ2v) is 3.97. The van der Waals surface area contributed by atoms with Crippen molar-refractivity contribution in [3.8, 4) is 0 Å². The normalized spacial score (nSPS) is 12.6. The summed E-state index contributed by atoms with van der Waals surface area (Å²) >= 11 is 3.10. The van der Waals surface area contributed by atoms with Crippen LogP contribution in [-0.4, -0.2) is 10.6 Å². The molecular formula is C10H9BrF2O. The zero-order chi connectivity index (χ0) is 10.7. The smallest absolute Gasteiger partial charge is 0.179 e. The lowest BCUT2D eigenvalue weighted by Gasteiger charge is -2.06. The zero-order valence-corrected chi connectivity index (χ0v) is 9.14. The summed E-state index contributed by atoms with van der Waals surface area (Å²) in [6.45, 7) is 1.79. The van der Waals surface area contributed by atoms with E-state index < -0.39 is 22.2 Å². The largest absolute Gasteiger partial charge is 0.293 e. The summed E-state index contributed by atoms with van der Waals surface area (Å²) in [6.07, 6.45) is 0.536. The molecule has 0 bridgehead atoms. The van der Waals surface area contributed by atoms with Crippen molar-refractivity contribution in [1.82, 2.24) is 0 Å². The summed E-state index contributed by atoms with van der Waals surface area (Å²) in [5.74, 6) is -1.72. The lowest BCUT2D eigenvalue weighted by atomic mass is 10.1. The Hall–Kier alpha value is -0.770. The molecule has 1 unspecified atom stereocenters. The molecule has 0 aliphatic heterocycles. The average molecular weight is 263 g/mol. The molecule has 14 heavy (non-hydrogen) atoms. The highest BCUT2D eigenvalue weighted by Gasteiger charge is 2.19. The molecule has 1 aromatic carbocycles. The van der Waals surface area contributed by atoms with E-state index in [4.69, 9.17) is 0 Å². The predicted octanol–water partition coefficient (Wildman–Crippen LogP) is 3.32. The molecule has 1 atom stereocenters. The van der Waals surface area contributed by atoms with Gasteiger partial charge in [0.2, 0.25) is 0 Å². The van der Waals surface area contributed by atoms with Crippen LogP contribution in [0, 0.1) is 11.6 Å². The van der Waals surface area contributed by atoms with Gasteiger partial charge in [-0.15, -0.1) is 0 Å². The van der Waals surface area contributed by atoms with Crippen molar-refractivity contribution >= 4 is 21.7 Å². The maximum atomic E-state index is 13.1. The number of hydrogen-bond donors (Lipinski definition) is 0. The second-order valence-electron chi connectivity index (χ2n) is 2.86. The third-order valence-electron chi connectivity index (χ3n) is 1.84. The molecule has 0 saturated heterocycles. The van der Waals surface area contributed by atoms with Crippen molar-refractivity contribution < 1.29 is 13.6 Å². The van der Waals surface area contributed by atoms with E-state index in [2.05, 4.69) is 15.9 Å². The summed E-state index contributed by atoms with van der Waals surface area (Å²) in [6, 6.07) is 2.86. The minimum atomic E-state index is -0.686. The standard InChI is InChI=1S/C10H9BrF2O/c1-2-8(11)10(14)7-5-6(12)3-4-9(7)13/h3-5,8H,2H2,1H3. The molecule has 4 heteroatoms. The molecule has 0 spiro atoms. The number of carbonyl (C=O) groups is 1. The number of benzene rings is 1. The molecule has 76 valence electrons. The Morgan fingerprint density at radius 2 is 2.14 bits per heavy atom. The highest BCUT2D eigenvalue weighted by Crippen LogP contribution is 2.17. The zero-order valence-electron chi connectivity index (χ0n) is 7.56. The minimum Gasteiger partial charge on any atom is -0.293 e. The molecule has 0 aliphatic carbocycles. The molecule has 1 aromatic rings. The van der Waals surface area contributed by atoms with Gasteiger partial charge in [0.25, 0.3) is 0 Å². The van der Waals surface area contributed by atoms with Crippen LogP contribution in [0.3, 0.4) is 0 Å². The van der Waals surface area contributed by atoms with E-state index in [1.54, 1.807) is 6.92 Å². The van der Waals surface area contributed by atoms with E-state index in [1.165, 1.54) is 0 Å². The van der Waals surface area contributed by atoms with Crippen LogP contribution in [-0.2, 0) is 0 Å². The van der Waals surface area contributed by atoms with Crippen molar-refractivity contribution in [3.05, 3.63) is 35.4 Å². The first-order valence-electron chi connectivity index (χ1n) is 4.19.